The van der Waals surface area contributed by atoms with E-state index in [0.29, 0.717) is 24.8 Å². The summed E-state index contributed by atoms with van der Waals surface area (Å²) in [6.07, 6.45) is 1.53. The van der Waals surface area contributed by atoms with Crippen molar-refractivity contribution < 1.29 is 19.0 Å². The van der Waals surface area contributed by atoms with Gasteiger partial charge < -0.3 is 24.8 Å². The molecule has 0 radical (unpaired) electrons. The van der Waals surface area contributed by atoms with Gasteiger partial charge in [0.15, 0.2) is 0 Å². The van der Waals surface area contributed by atoms with Crippen LogP contribution in [0, 0.1) is 0 Å². The molecule has 150 valence electrons. The molecule has 0 aliphatic carbocycles. The minimum absolute atomic E-state index is 0.264. The zero-order chi connectivity index (χ0) is 20.5. The summed E-state index contributed by atoms with van der Waals surface area (Å²) in [5.74, 6) is 2.24. The van der Waals surface area contributed by atoms with E-state index in [1.165, 1.54) is 6.20 Å². The van der Waals surface area contributed by atoms with Crippen molar-refractivity contribution in [3.05, 3.63) is 66.5 Å². The van der Waals surface area contributed by atoms with Crippen molar-refractivity contribution in [1.82, 2.24) is 15.3 Å². The summed E-state index contributed by atoms with van der Waals surface area (Å²) in [6, 6.07) is 16.1. The van der Waals surface area contributed by atoms with Crippen LogP contribution in [0.25, 0.3) is 0 Å². The molecule has 0 fully saturated rings. The predicted octanol–water partition coefficient (Wildman–Crippen LogP) is 3.05. The van der Waals surface area contributed by atoms with Gasteiger partial charge in [-0.05, 0) is 54.6 Å². The minimum atomic E-state index is -0.302. The van der Waals surface area contributed by atoms with Crippen molar-refractivity contribution in [2.24, 2.45) is 0 Å². The first kappa shape index (κ1) is 19.9. The van der Waals surface area contributed by atoms with Gasteiger partial charge >= 0.3 is 0 Å². The van der Waals surface area contributed by atoms with Crippen LogP contribution in [0.1, 0.15) is 10.5 Å². The molecule has 3 rings (SSSR count). The number of methoxy groups -OCH3 is 2. The number of anilines is 2. The normalized spacial score (nSPS) is 10.1. The lowest BCUT2D eigenvalue weighted by Gasteiger charge is -2.09. The van der Waals surface area contributed by atoms with E-state index < -0.39 is 0 Å². The van der Waals surface area contributed by atoms with Gasteiger partial charge in [0, 0.05) is 11.9 Å². The van der Waals surface area contributed by atoms with Crippen LogP contribution in [0.3, 0.4) is 0 Å². The van der Waals surface area contributed by atoms with E-state index in [0.717, 1.165) is 17.2 Å². The lowest BCUT2D eigenvalue weighted by atomic mass is 10.3. The Kier molecular flexibility index (Phi) is 6.83. The standard InChI is InChI=1S/C21H22N4O4/c1-27-16-5-3-15(4-6-16)24-21-23-12-11-19(25-21)20(26)22-13-14-29-18-9-7-17(28-2)8-10-18/h3-12H,13-14H2,1-2H3,(H,22,26)(H,23,24,25). The van der Waals surface area contributed by atoms with Gasteiger partial charge in [-0.3, -0.25) is 4.79 Å². The second-order valence-electron chi connectivity index (χ2n) is 5.90. The quantitative estimate of drug-likeness (QED) is 0.539. The van der Waals surface area contributed by atoms with Crippen LogP contribution in [-0.4, -0.2) is 43.2 Å². The molecular formula is C21H22N4O4. The van der Waals surface area contributed by atoms with Crippen molar-refractivity contribution in [3.8, 4) is 17.2 Å². The molecule has 0 bridgehead atoms. The van der Waals surface area contributed by atoms with E-state index in [-0.39, 0.29) is 11.6 Å². The highest BCUT2D eigenvalue weighted by Gasteiger charge is 2.09. The van der Waals surface area contributed by atoms with Crippen molar-refractivity contribution in [3.63, 3.8) is 0 Å². The second-order valence-corrected chi connectivity index (χ2v) is 5.90. The summed E-state index contributed by atoms with van der Waals surface area (Å²) in [6.45, 7) is 0.677. The molecule has 0 unspecified atom stereocenters. The average molecular weight is 394 g/mol. The Morgan fingerprint density at radius 3 is 2.17 bits per heavy atom. The molecule has 2 N–H and O–H groups in total. The zero-order valence-corrected chi connectivity index (χ0v) is 16.2. The third kappa shape index (κ3) is 5.83. The maximum Gasteiger partial charge on any atom is 0.270 e. The smallest absolute Gasteiger partial charge is 0.270 e. The van der Waals surface area contributed by atoms with Crippen LogP contribution in [0.15, 0.2) is 60.8 Å². The molecule has 0 saturated carbocycles. The lowest BCUT2D eigenvalue weighted by Crippen LogP contribution is -2.29. The van der Waals surface area contributed by atoms with Crippen molar-refractivity contribution in [1.29, 1.82) is 0 Å². The molecule has 0 saturated heterocycles. The molecule has 8 nitrogen and oxygen atoms in total. The molecule has 3 aromatic rings. The van der Waals surface area contributed by atoms with E-state index in [4.69, 9.17) is 14.2 Å². The second kappa shape index (κ2) is 9.93. The maximum atomic E-state index is 12.3. The van der Waals surface area contributed by atoms with Crippen LogP contribution in [-0.2, 0) is 0 Å². The predicted molar refractivity (Wildman–Crippen MR) is 109 cm³/mol. The van der Waals surface area contributed by atoms with E-state index in [9.17, 15) is 4.79 Å². The number of hydrogen-bond acceptors (Lipinski definition) is 7. The highest BCUT2D eigenvalue weighted by atomic mass is 16.5. The van der Waals surface area contributed by atoms with Crippen LogP contribution in [0.4, 0.5) is 11.6 Å². The van der Waals surface area contributed by atoms with Crippen LogP contribution in [0.2, 0.25) is 0 Å². The lowest BCUT2D eigenvalue weighted by molar-refractivity contribution is 0.0942. The van der Waals surface area contributed by atoms with E-state index in [2.05, 4.69) is 20.6 Å². The molecule has 0 atom stereocenters. The highest BCUT2D eigenvalue weighted by molar-refractivity contribution is 5.92. The Morgan fingerprint density at radius 1 is 0.897 bits per heavy atom. The topological polar surface area (TPSA) is 94.6 Å². The van der Waals surface area contributed by atoms with E-state index >= 15 is 0 Å². The van der Waals surface area contributed by atoms with E-state index in [1.807, 2.05) is 48.5 Å². The van der Waals surface area contributed by atoms with E-state index in [1.54, 1.807) is 20.3 Å². The molecule has 2 aromatic carbocycles. The van der Waals surface area contributed by atoms with Gasteiger partial charge in [-0.2, -0.15) is 0 Å². The number of nitrogens with zero attached hydrogens (tertiary/aromatic N) is 2. The number of aromatic nitrogens is 2. The van der Waals surface area contributed by atoms with Gasteiger partial charge in [0.25, 0.3) is 5.91 Å². The van der Waals surface area contributed by atoms with Gasteiger partial charge in [-0.1, -0.05) is 0 Å². The summed E-state index contributed by atoms with van der Waals surface area (Å²) in [4.78, 5) is 20.7. The first-order valence-corrected chi connectivity index (χ1v) is 8.97. The molecule has 0 aliphatic heterocycles. The Balaban J connectivity index is 1.49. The minimum Gasteiger partial charge on any atom is -0.497 e. The molecule has 1 aromatic heterocycles. The Hall–Kier alpha value is -3.81. The van der Waals surface area contributed by atoms with Gasteiger partial charge in [0.2, 0.25) is 5.95 Å². The number of hydrogen-bond donors (Lipinski definition) is 2. The Bertz CT molecular complexity index is 930. The molecular weight excluding hydrogens is 372 g/mol. The largest absolute Gasteiger partial charge is 0.497 e. The fourth-order valence-electron chi connectivity index (χ4n) is 2.44. The maximum absolute atomic E-state index is 12.3. The summed E-state index contributed by atoms with van der Waals surface area (Å²) in [5.41, 5.74) is 1.05. The van der Waals surface area contributed by atoms with Gasteiger partial charge in [-0.15, -0.1) is 0 Å². The SMILES string of the molecule is COc1ccc(Nc2nccc(C(=O)NCCOc3ccc(OC)cc3)n2)cc1. The fraction of sp³-hybridized carbons (Fsp3) is 0.190. The van der Waals surface area contributed by atoms with Crippen LogP contribution in [0.5, 0.6) is 17.2 Å². The Morgan fingerprint density at radius 2 is 1.52 bits per heavy atom. The van der Waals surface area contributed by atoms with Crippen molar-refractivity contribution in [2.75, 3.05) is 32.7 Å². The number of nitrogens with one attached hydrogen (secondary N) is 2. The number of ether oxygens (including phenoxy) is 3. The third-order valence-electron chi connectivity index (χ3n) is 3.95. The molecule has 1 amide bonds. The average Bonchev–Trinajstić information content (AvgIpc) is 2.77. The molecule has 8 heteroatoms. The number of benzene rings is 2. The Labute approximate surface area is 168 Å². The van der Waals surface area contributed by atoms with Crippen molar-refractivity contribution >= 4 is 17.5 Å². The molecule has 0 spiro atoms. The molecule has 1 heterocycles. The van der Waals surface area contributed by atoms with Crippen LogP contribution < -0.4 is 24.8 Å². The highest BCUT2D eigenvalue weighted by Crippen LogP contribution is 2.18. The van der Waals surface area contributed by atoms with Gasteiger partial charge in [0.05, 0.1) is 20.8 Å². The van der Waals surface area contributed by atoms with Gasteiger partial charge in [-0.25, -0.2) is 9.97 Å². The molecule has 0 aliphatic rings. The zero-order valence-electron chi connectivity index (χ0n) is 16.2. The summed E-state index contributed by atoms with van der Waals surface area (Å²) < 4.78 is 15.8. The number of carbonyl (C=O) groups excluding carboxylic acids is 1. The first-order chi connectivity index (χ1) is 14.2. The third-order valence-corrected chi connectivity index (χ3v) is 3.95. The number of carbonyl (C=O) groups is 1. The fourth-order valence-corrected chi connectivity index (χ4v) is 2.44. The summed E-state index contributed by atoms with van der Waals surface area (Å²) >= 11 is 0. The van der Waals surface area contributed by atoms with Crippen molar-refractivity contribution in [2.45, 2.75) is 0 Å². The van der Waals surface area contributed by atoms with Crippen LogP contribution >= 0.6 is 0 Å². The first-order valence-electron chi connectivity index (χ1n) is 8.97. The monoisotopic (exact) mass is 394 g/mol. The van der Waals surface area contributed by atoms with Gasteiger partial charge in [0.1, 0.15) is 29.5 Å². The number of rotatable bonds is 9. The summed E-state index contributed by atoms with van der Waals surface area (Å²) in [7, 11) is 3.21. The molecule has 29 heavy (non-hydrogen) atoms. The summed E-state index contributed by atoms with van der Waals surface area (Å²) in [5, 5.41) is 5.83. The number of amides is 1.